The Balaban J connectivity index is 2.01. The number of nitrogens with zero attached hydrogens (tertiary/aromatic N) is 2. The van der Waals surface area contributed by atoms with Gasteiger partial charge in [-0.3, -0.25) is 9.36 Å². The Kier molecular flexibility index (Phi) is 6.70. The average molecular weight is 479 g/mol. The van der Waals surface area contributed by atoms with Gasteiger partial charge in [0.2, 0.25) is 0 Å². The minimum Gasteiger partial charge on any atom is -0.497 e. The number of hydrogen-bond donors (Lipinski definition) is 0. The van der Waals surface area contributed by atoms with Gasteiger partial charge in [-0.15, -0.1) is 0 Å². The number of esters is 1. The van der Waals surface area contributed by atoms with Crippen LogP contribution in [0.1, 0.15) is 36.6 Å². The lowest BCUT2D eigenvalue weighted by Gasteiger charge is -2.26. The second kappa shape index (κ2) is 9.69. The van der Waals surface area contributed by atoms with Gasteiger partial charge in [0.25, 0.3) is 5.56 Å². The standard InChI is InChI=1S/C26H26N2O5S/c1-6-33-25(30)22-16(3)27-26-28(23(22)19-14-18(31-4)11-12-20(19)32-5)24(29)21(34-26)13-17-9-7-15(2)8-10-17/h7-14,23H,6H2,1-5H3/b21-13-/t23-/m0/s1. The summed E-state index contributed by atoms with van der Waals surface area (Å²) in [6.45, 7) is 5.71. The number of carbonyl (C=O) groups is 1. The number of hydrogen-bond acceptors (Lipinski definition) is 7. The Bertz CT molecular complexity index is 1450. The molecular formula is C26H26N2O5S. The van der Waals surface area contributed by atoms with Gasteiger partial charge in [-0.2, -0.15) is 0 Å². The molecule has 34 heavy (non-hydrogen) atoms. The highest BCUT2D eigenvalue weighted by atomic mass is 32.1. The second-order valence-electron chi connectivity index (χ2n) is 7.82. The molecule has 0 N–H and O–H groups in total. The maximum absolute atomic E-state index is 13.7. The zero-order chi connectivity index (χ0) is 24.4. The molecule has 0 fully saturated rings. The first kappa shape index (κ1) is 23.5. The molecule has 0 aliphatic carbocycles. The molecular weight excluding hydrogens is 452 g/mol. The van der Waals surface area contributed by atoms with E-state index in [0.29, 0.717) is 37.7 Å². The van der Waals surface area contributed by atoms with Crippen molar-refractivity contribution < 1.29 is 19.0 Å². The maximum atomic E-state index is 13.7. The van der Waals surface area contributed by atoms with E-state index in [0.717, 1.165) is 11.1 Å². The Morgan fingerprint density at radius 2 is 1.85 bits per heavy atom. The largest absolute Gasteiger partial charge is 0.497 e. The number of benzene rings is 2. The summed E-state index contributed by atoms with van der Waals surface area (Å²) in [4.78, 5) is 31.9. The van der Waals surface area contributed by atoms with Crippen LogP contribution in [0.3, 0.4) is 0 Å². The summed E-state index contributed by atoms with van der Waals surface area (Å²) in [5.74, 6) is 0.581. The van der Waals surface area contributed by atoms with Crippen molar-refractivity contribution in [2.45, 2.75) is 26.8 Å². The SMILES string of the molecule is CCOC(=O)C1=C(C)N=c2s/c(=C\c3ccc(C)cc3)c(=O)n2[C@H]1c1cc(OC)ccc1OC. The van der Waals surface area contributed by atoms with Crippen LogP contribution >= 0.6 is 11.3 Å². The Morgan fingerprint density at radius 1 is 1.12 bits per heavy atom. The monoisotopic (exact) mass is 478 g/mol. The molecule has 176 valence electrons. The van der Waals surface area contributed by atoms with Gasteiger partial charge in [0, 0.05) is 5.56 Å². The summed E-state index contributed by atoms with van der Waals surface area (Å²) in [5, 5.41) is 0. The first-order valence-corrected chi connectivity index (χ1v) is 11.7. The molecule has 0 unspecified atom stereocenters. The number of methoxy groups -OCH3 is 2. The first-order chi connectivity index (χ1) is 16.4. The number of aromatic nitrogens is 1. The number of ether oxygens (including phenoxy) is 3. The molecule has 0 radical (unpaired) electrons. The third-order valence-electron chi connectivity index (χ3n) is 5.62. The van der Waals surface area contributed by atoms with Crippen LogP contribution in [-0.2, 0) is 9.53 Å². The summed E-state index contributed by atoms with van der Waals surface area (Å²) < 4.78 is 18.5. The molecule has 1 aliphatic rings. The molecule has 4 rings (SSSR count). The zero-order valence-corrected chi connectivity index (χ0v) is 20.6. The maximum Gasteiger partial charge on any atom is 0.338 e. The highest BCUT2D eigenvalue weighted by Gasteiger charge is 2.35. The summed E-state index contributed by atoms with van der Waals surface area (Å²) in [5.41, 5.74) is 3.21. The molecule has 0 saturated carbocycles. The molecule has 0 bridgehead atoms. The van der Waals surface area contributed by atoms with E-state index in [1.165, 1.54) is 11.3 Å². The minimum atomic E-state index is -0.777. The van der Waals surface area contributed by atoms with Crippen LogP contribution in [0, 0.1) is 6.92 Å². The number of fused-ring (bicyclic) bond motifs is 1. The average Bonchev–Trinajstić information content (AvgIpc) is 3.13. The van der Waals surface area contributed by atoms with Crippen molar-refractivity contribution in [2.75, 3.05) is 20.8 Å². The molecule has 7 nitrogen and oxygen atoms in total. The fourth-order valence-electron chi connectivity index (χ4n) is 3.95. The summed E-state index contributed by atoms with van der Waals surface area (Å²) in [7, 11) is 3.11. The fraction of sp³-hybridized carbons (Fsp3) is 0.269. The number of carbonyl (C=O) groups excluding carboxylic acids is 1. The third-order valence-corrected chi connectivity index (χ3v) is 6.61. The van der Waals surface area contributed by atoms with Crippen LogP contribution in [0.4, 0.5) is 0 Å². The number of thiazole rings is 1. The van der Waals surface area contributed by atoms with E-state index in [2.05, 4.69) is 4.99 Å². The zero-order valence-electron chi connectivity index (χ0n) is 19.7. The topological polar surface area (TPSA) is 79.1 Å². The summed E-state index contributed by atoms with van der Waals surface area (Å²) >= 11 is 1.28. The van der Waals surface area contributed by atoms with Crippen molar-refractivity contribution in [1.29, 1.82) is 0 Å². The van der Waals surface area contributed by atoms with Gasteiger partial charge < -0.3 is 14.2 Å². The van der Waals surface area contributed by atoms with Gasteiger partial charge in [0.15, 0.2) is 4.80 Å². The van der Waals surface area contributed by atoms with Gasteiger partial charge in [-0.25, -0.2) is 9.79 Å². The van der Waals surface area contributed by atoms with Gasteiger partial charge in [-0.1, -0.05) is 41.2 Å². The third kappa shape index (κ3) is 4.28. The smallest absolute Gasteiger partial charge is 0.338 e. The van der Waals surface area contributed by atoms with Crippen molar-refractivity contribution in [1.82, 2.24) is 4.57 Å². The molecule has 0 spiro atoms. The summed E-state index contributed by atoms with van der Waals surface area (Å²) in [6.07, 6.45) is 1.84. The highest BCUT2D eigenvalue weighted by Crippen LogP contribution is 2.37. The van der Waals surface area contributed by atoms with Crippen molar-refractivity contribution in [2.24, 2.45) is 4.99 Å². The molecule has 1 aliphatic heterocycles. The Hall–Kier alpha value is -3.65. The van der Waals surface area contributed by atoms with Gasteiger partial charge >= 0.3 is 5.97 Å². The van der Waals surface area contributed by atoms with E-state index in [4.69, 9.17) is 14.2 Å². The van der Waals surface area contributed by atoms with E-state index in [1.54, 1.807) is 50.8 Å². The normalized spacial score (nSPS) is 15.6. The highest BCUT2D eigenvalue weighted by molar-refractivity contribution is 7.07. The number of rotatable bonds is 6. The minimum absolute atomic E-state index is 0.204. The molecule has 2 heterocycles. The second-order valence-corrected chi connectivity index (χ2v) is 8.83. The molecule has 0 saturated heterocycles. The lowest BCUT2D eigenvalue weighted by molar-refractivity contribution is -0.139. The lowest BCUT2D eigenvalue weighted by atomic mass is 9.94. The number of allylic oxidation sites excluding steroid dienone is 1. The first-order valence-electron chi connectivity index (χ1n) is 10.9. The van der Waals surface area contributed by atoms with Gasteiger partial charge in [-0.05, 0) is 50.6 Å². The summed E-state index contributed by atoms with van der Waals surface area (Å²) in [6, 6.07) is 12.4. The predicted molar refractivity (Wildman–Crippen MR) is 131 cm³/mol. The van der Waals surface area contributed by atoms with Crippen LogP contribution in [0.15, 0.2) is 63.5 Å². The molecule has 2 aromatic carbocycles. The molecule has 8 heteroatoms. The van der Waals surface area contributed by atoms with Gasteiger partial charge in [0.1, 0.15) is 17.5 Å². The molecule has 0 amide bonds. The Labute approximate surface area is 201 Å². The molecule has 1 aromatic heterocycles. The van der Waals surface area contributed by atoms with E-state index in [-0.39, 0.29) is 12.2 Å². The van der Waals surface area contributed by atoms with Crippen LogP contribution in [0.25, 0.3) is 6.08 Å². The fourth-order valence-corrected chi connectivity index (χ4v) is 5.00. The van der Waals surface area contributed by atoms with Crippen LogP contribution < -0.4 is 24.4 Å². The van der Waals surface area contributed by atoms with Crippen molar-refractivity contribution in [3.8, 4) is 11.5 Å². The van der Waals surface area contributed by atoms with E-state index >= 15 is 0 Å². The van der Waals surface area contributed by atoms with Crippen LogP contribution in [-0.4, -0.2) is 31.4 Å². The Morgan fingerprint density at radius 3 is 2.50 bits per heavy atom. The molecule has 3 aromatic rings. The van der Waals surface area contributed by atoms with E-state index in [1.807, 2.05) is 37.3 Å². The molecule has 1 atom stereocenters. The number of aryl methyl sites for hydroxylation is 1. The van der Waals surface area contributed by atoms with Crippen LogP contribution in [0.5, 0.6) is 11.5 Å². The quantitative estimate of drug-likeness (QED) is 0.509. The van der Waals surface area contributed by atoms with Crippen LogP contribution in [0.2, 0.25) is 0 Å². The van der Waals surface area contributed by atoms with E-state index < -0.39 is 12.0 Å². The van der Waals surface area contributed by atoms with Gasteiger partial charge in [0.05, 0.1) is 36.6 Å². The van der Waals surface area contributed by atoms with Crippen molar-refractivity contribution in [3.63, 3.8) is 0 Å². The van der Waals surface area contributed by atoms with E-state index in [9.17, 15) is 9.59 Å². The lowest BCUT2D eigenvalue weighted by Crippen LogP contribution is -2.40. The van der Waals surface area contributed by atoms with Crippen molar-refractivity contribution >= 4 is 23.4 Å². The predicted octanol–water partition coefficient (Wildman–Crippen LogP) is 3.12. The van der Waals surface area contributed by atoms with Crippen molar-refractivity contribution in [3.05, 3.63) is 90.1 Å².